The summed E-state index contributed by atoms with van der Waals surface area (Å²) in [5, 5.41) is 5.88. The highest BCUT2D eigenvalue weighted by molar-refractivity contribution is 5.99. The van der Waals surface area contributed by atoms with Crippen molar-refractivity contribution < 1.29 is 14.3 Å². The summed E-state index contributed by atoms with van der Waals surface area (Å²) in [6, 6.07) is 7.84. The van der Waals surface area contributed by atoms with Crippen LogP contribution < -0.4 is 15.5 Å². The number of amides is 2. The standard InChI is InChI=1S/C19H29N3O3/c1-4-14(2)13-20-18(23)16-7-5-6-8-17(16)22-11-9-15(10-12-22)21-19(24)25-3/h5-8,14-15H,4,9-13H2,1-3H3,(H,20,23)(H,21,24)/t14-/m1/s1. The van der Waals surface area contributed by atoms with E-state index in [1.54, 1.807) is 0 Å². The van der Waals surface area contributed by atoms with Crippen LogP contribution in [0.3, 0.4) is 0 Å². The Morgan fingerprint density at radius 3 is 2.60 bits per heavy atom. The molecule has 1 aromatic rings. The summed E-state index contributed by atoms with van der Waals surface area (Å²) in [5.41, 5.74) is 1.67. The van der Waals surface area contributed by atoms with E-state index in [4.69, 9.17) is 0 Å². The molecule has 2 N–H and O–H groups in total. The van der Waals surface area contributed by atoms with Gasteiger partial charge in [-0.2, -0.15) is 0 Å². The number of para-hydroxylation sites is 1. The van der Waals surface area contributed by atoms with Gasteiger partial charge in [-0.3, -0.25) is 4.79 Å². The fourth-order valence-electron chi connectivity index (χ4n) is 2.94. The van der Waals surface area contributed by atoms with Crippen LogP contribution in [0.1, 0.15) is 43.5 Å². The molecule has 6 nitrogen and oxygen atoms in total. The summed E-state index contributed by atoms with van der Waals surface area (Å²) >= 11 is 0. The van der Waals surface area contributed by atoms with Crippen molar-refractivity contribution in [2.45, 2.75) is 39.2 Å². The first kappa shape index (κ1) is 19.1. The van der Waals surface area contributed by atoms with Crippen molar-refractivity contribution in [3.63, 3.8) is 0 Å². The average Bonchev–Trinajstić information content (AvgIpc) is 2.66. The molecule has 1 aromatic carbocycles. The molecule has 0 aliphatic carbocycles. The molecule has 1 aliphatic rings. The molecule has 1 fully saturated rings. The molecule has 0 saturated carbocycles. The molecule has 25 heavy (non-hydrogen) atoms. The second-order valence-corrected chi connectivity index (χ2v) is 6.64. The minimum atomic E-state index is -0.386. The monoisotopic (exact) mass is 347 g/mol. The third-order valence-electron chi connectivity index (χ3n) is 4.80. The van der Waals surface area contributed by atoms with E-state index in [9.17, 15) is 9.59 Å². The second kappa shape index (κ2) is 9.30. The zero-order chi connectivity index (χ0) is 18.2. The Balaban J connectivity index is 1.99. The number of ether oxygens (including phenoxy) is 1. The highest BCUT2D eigenvalue weighted by Gasteiger charge is 2.23. The number of carbonyl (C=O) groups is 2. The topological polar surface area (TPSA) is 70.7 Å². The average molecular weight is 347 g/mol. The lowest BCUT2D eigenvalue weighted by atomic mass is 10.0. The van der Waals surface area contributed by atoms with Crippen molar-refractivity contribution >= 4 is 17.7 Å². The number of hydrogen-bond acceptors (Lipinski definition) is 4. The van der Waals surface area contributed by atoms with Gasteiger partial charge >= 0.3 is 6.09 Å². The maximum absolute atomic E-state index is 12.6. The fraction of sp³-hybridized carbons (Fsp3) is 0.579. The van der Waals surface area contributed by atoms with Crippen molar-refractivity contribution in [2.75, 3.05) is 31.6 Å². The Morgan fingerprint density at radius 1 is 1.28 bits per heavy atom. The number of piperidine rings is 1. The van der Waals surface area contributed by atoms with Gasteiger partial charge in [0.2, 0.25) is 0 Å². The quantitative estimate of drug-likeness (QED) is 0.830. The molecule has 0 unspecified atom stereocenters. The van der Waals surface area contributed by atoms with Crippen LogP contribution >= 0.6 is 0 Å². The fourth-order valence-corrected chi connectivity index (χ4v) is 2.94. The number of nitrogens with one attached hydrogen (secondary N) is 2. The molecule has 2 rings (SSSR count). The molecule has 1 aliphatic heterocycles. The predicted molar refractivity (Wildman–Crippen MR) is 99.0 cm³/mol. The van der Waals surface area contributed by atoms with Gasteiger partial charge in [-0.1, -0.05) is 32.4 Å². The van der Waals surface area contributed by atoms with Crippen LogP contribution in [0.25, 0.3) is 0 Å². The number of benzene rings is 1. The highest BCUT2D eigenvalue weighted by Crippen LogP contribution is 2.24. The summed E-state index contributed by atoms with van der Waals surface area (Å²) in [5.74, 6) is 0.446. The third-order valence-corrected chi connectivity index (χ3v) is 4.80. The van der Waals surface area contributed by atoms with E-state index in [0.29, 0.717) is 18.0 Å². The van der Waals surface area contributed by atoms with Gasteiger partial charge in [0.15, 0.2) is 0 Å². The molecule has 0 aromatic heterocycles. The van der Waals surface area contributed by atoms with Crippen molar-refractivity contribution in [3.05, 3.63) is 29.8 Å². The Labute approximate surface area is 149 Å². The van der Waals surface area contributed by atoms with Crippen LogP contribution in [0.2, 0.25) is 0 Å². The predicted octanol–water partition coefficient (Wildman–Crippen LogP) is 2.79. The molecule has 1 heterocycles. The number of hydrogen-bond donors (Lipinski definition) is 2. The van der Waals surface area contributed by atoms with Crippen LogP contribution in [-0.4, -0.2) is 44.8 Å². The Morgan fingerprint density at radius 2 is 1.96 bits per heavy atom. The maximum atomic E-state index is 12.6. The SMILES string of the molecule is CC[C@@H](C)CNC(=O)c1ccccc1N1CCC(NC(=O)OC)CC1. The smallest absolute Gasteiger partial charge is 0.407 e. The zero-order valence-electron chi connectivity index (χ0n) is 15.4. The number of anilines is 1. The minimum absolute atomic E-state index is 0.0225. The summed E-state index contributed by atoms with van der Waals surface area (Å²) < 4.78 is 4.65. The van der Waals surface area contributed by atoms with Crippen LogP contribution in [0.4, 0.5) is 10.5 Å². The molecule has 138 valence electrons. The largest absolute Gasteiger partial charge is 0.453 e. The van der Waals surface area contributed by atoms with Gasteiger partial charge in [0, 0.05) is 31.4 Å². The lowest BCUT2D eigenvalue weighted by Gasteiger charge is -2.34. The first-order valence-electron chi connectivity index (χ1n) is 9.01. The van der Waals surface area contributed by atoms with Gasteiger partial charge in [-0.15, -0.1) is 0 Å². The van der Waals surface area contributed by atoms with E-state index >= 15 is 0 Å². The van der Waals surface area contributed by atoms with Gasteiger partial charge in [0.25, 0.3) is 5.91 Å². The number of methoxy groups -OCH3 is 1. The lowest BCUT2D eigenvalue weighted by Crippen LogP contribution is -2.45. The number of nitrogens with zero attached hydrogens (tertiary/aromatic N) is 1. The van der Waals surface area contributed by atoms with Gasteiger partial charge in [-0.05, 0) is 30.9 Å². The molecule has 1 atom stereocenters. The van der Waals surface area contributed by atoms with E-state index in [1.165, 1.54) is 7.11 Å². The molecule has 1 saturated heterocycles. The molecule has 0 spiro atoms. The Bertz CT molecular complexity index is 583. The first-order chi connectivity index (χ1) is 12.0. The van der Waals surface area contributed by atoms with E-state index < -0.39 is 0 Å². The summed E-state index contributed by atoms with van der Waals surface area (Å²) in [4.78, 5) is 26.1. The normalized spacial score (nSPS) is 16.2. The van der Waals surface area contributed by atoms with E-state index in [0.717, 1.165) is 38.0 Å². The molecule has 0 radical (unpaired) electrons. The van der Waals surface area contributed by atoms with Gasteiger partial charge in [0.1, 0.15) is 0 Å². The van der Waals surface area contributed by atoms with Crippen molar-refractivity contribution in [1.29, 1.82) is 0 Å². The van der Waals surface area contributed by atoms with Crippen molar-refractivity contribution in [1.82, 2.24) is 10.6 Å². The Hall–Kier alpha value is -2.24. The summed E-state index contributed by atoms with van der Waals surface area (Å²) in [7, 11) is 1.37. The highest BCUT2D eigenvalue weighted by atomic mass is 16.5. The van der Waals surface area contributed by atoms with E-state index in [2.05, 4.69) is 34.1 Å². The van der Waals surface area contributed by atoms with Crippen LogP contribution in [0.5, 0.6) is 0 Å². The summed E-state index contributed by atoms with van der Waals surface area (Å²) in [6.45, 7) is 6.53. The molecule has 0 bridgehead atoms. The first-order valence-corrected chi connectivity index (χ1v) is 9.01. The second-order valence-electron chi connectivity index (χ2n) is 6.64. The van der Waals surface area contributed by atoms with Gasteiger partial charge in [0.05, 0.1) is 12.7 Å². The Kier molecular flexibility index (Phi) is 7.10. The van der Waals surface area contributed by atoms with Crippen molar-refractivity contribution in [2.24, 2.45) is 5.92 Å². The van der Waals surface area contributed by atoms with Gasteiger partial charge < -0.3 is 20.3 Å². The number of alkyl carbamates (subject to hydrolysis) is 1. The summed E-state index contributed by atoms with van der Waals surface area (Å²) in [6.07, 6.45) is 2.32. The lowest BCUT2D eigenvalue weighted by molar-refractivity contribution is 0.0948. The third kappa shape index (κ3) is 5.37. The molecule has 2 amide bonds. The van der Waals surface area contributed by atoms with E-state index in [1.807, 2.05) is 24.3 Å². The minimum Gasteiger partial charge on any atom is -0.453 e. The molecular weight excluding hydrogens is 318 g/mol. The zero-order valence-corrected chi connectivity index (χ0v) is 15.4. The van der Waals surface area contributed by atoms with Crippen LogP contribution in [-0.2, 0) is 4.74 Å². The molecular formula is C19H29N3O3. The van der Waals surface area contributed by atoms with Crippen molar-refractivity contribution in [3.8, 4) is 0 Å². The molecule has 6 heteroatoms. The van der Waals surface area contributed by atoms with Crippen LogP contribution in [0, 0.1) is 5.92 Å². The number of rotatable bonds is 6. The van der Waals surface area contributed by atoms with Crippen LogP contribution in [0.15, 0.2) is 24.3 Å². The van der Waals surface area contributed by atoms with Gasteiger partial charge in [-0.25, -0.2) is 4.79 Å². The van der Waals surface area contributed by atoms with E-state index in [-0.39, 0.29) is 18.0 Å². The number of carbonyl (C=O) groups excluding carboxylic acids is 2. The maximum Gasteiger partial charge on any atom is 0.407 e.